The average molecular weight is 254 g/mol. The standard InChI is InChI=1S/C7H8O3S.2C2H3N/c1-6-2-4-7(5-3-6)11(8,9)10;2*1-2-3/h2-5H,1H3,(H,8,9,10);2*1H3. The quantitative estimate of drug-likeness (QED) is 0.774. The highest BCUT2D eigenvalue weighted by Gasteiger charge is 2.06. The van der Waals surface area contributed by atoms with E-state index in [0.29, 0.717) is 0 Å². The highest BCUT2D eigenvalue weighted by atomic mass is 32.2. The fourth-order valence-corrected chi connectivity index (χ4v) is 1.19. The molecule has 0 fully saturated rings. The Hall–Kier alpha value is -1.89. The molecule has 0 aliphatic heterocycles. The average Bonchev–Trinajstić information content (AvgIpc) is 2.19. The van der Waals surface area contributed by atoms with Crippen LogP contribution in [0.5, 0.6) is 0 Å². The molecule has 0 unspecified atom stereocenters. The van der Waals surface area contributed by atoms with E-state index in [4.69, 9.17) is 15.1 Å². The Kier molecular flexibility index (Phi) is 9.62. The van der Waals surface area contributed by atoms with Gasteiger partial charge in [0.1, 0.15) is 0 Å². The summed E-state index contributed by atoms with van der Waals surface area (Å²) in [6.45, 7) is 4.70. The first-order valence-electron chi connectivity index (χ1n) is 4.49. The Morgan fingerprint density at radius 1 is 1.06 bits per heavy atom. The molecule has 0 heterocycles. The van der Waals surface area contributed by atoms with Gasteiger partial charge in [-0.3, -0.25) is 4.55 Å². The van der Waals surface area contributed by atoms with Crippen LogP contribution in [-0.2, 0) is 10.1 Å². The second-order valence-corrected chi connectivity index (χ2v) is 4.16. The smallest absolute Gasteiger partial charge is 0.282 e. The van der Waals surface area contributed by atoms with Crippen LogP contribution in [0.25, 0.3) is 0 Å². The summed E-state index contributed by atoms with van der Waals surface area (Å²) in [7, 11) is -4.02. The third kappa shape index (κ3) is 10.4. The molecule has 0 saturated heterocycles. The molecule has 1 N–H and O–H groups in total. The van der Waals surface area contributed by atoms with Gasteiger partial charge in [0, 0.05) is 13.8 Å². The van der Waals surface area contributed by atoms with Crippen molar-refractivity contribution < 1.29 is 13.0 Å². The number of rotatable bonds is 1. The number of nitrogens with zero attached hydrogens (tertiary/aromatic N) is 2. The van der Waals surface area contributed by atoms with Crippen LogP contribution in [-0.4, -0.2) is 13.0 Å². The summed E-state index contributed by atoms with van der Waals surface area (Å²) in [6.07, 6.45) is 0. The van der Waals surface area contributed by atoms with Crippen molar-refractivity contribution in [2.45, 2.75) is 25.7 Å². The molecule has 5 nitrogen and oxygen atoms in total. The third-order valence-electron chi connectivity index (χ3n) is 1.32. The van der Waals surface area contributed by atoms with E-state index in [2.05, 4.69) is 0 Å². The van der Waals surface area contributed by atoms with E-state index in [1.807, 2.05) is 6.92 Å². The molecule has 0 amide bonds. The largest absolute Gasteiger partial charge is 0.294 e. The lowest BCUT2D eigenvalue weighted by Gasteiger charge is -1.95. The molecule has 0 saturated carbocycles. The maximum Gasteiger partial charge on any atom is 0.294 e. The zero-order valence-corrected chi connectivity index (χ0v) is 10.7. The first kappa shape index (κ1) is 17.5. The molecule has 0 atom stereocenters. The predicted octanol–water partition coefficient (Wildman–Crippen LogP) is 2.30. The highest BCUT2D eigenvalue weighted by Crippen LogP contribution is 2.08. The molecule has 1 aromatic rings. The summed E-state index contributed by atoms with van der Waals surface area (Å²) in [4.78, 5) is -0.0666. The molecule has 1 aromatic carbocycles. The van der Waals surface area contributed by atoms with E-state index < -0.39 is 10.1 Å². The van der Waals surface area contributed by atoms with Crippen LogP contribution >= 0.6 is 0 Å². The van der Waals surface area contributed by atoms with E-state index in [1.165, 1.54) is 26.0 Å². The van der Waals surface area contributed by atoms with Gasteiger partial charge in [-0.1, -0.05) is 17.7 Å². The maximum absolute atomic E-state index is 10.5. The van der Waals surface area contributed by atoms with E-state index in [0.717, 1.165) is 5.56 Å². The van der Waals surface area contributed by atoms with E-state index in [9.17, 15) is 8.42 Å². The first-order chi connectivity index (χ1) is 7.83. The Labute approximate surface area is 102 Å². The third-order valence-corrected chi connectivity index (χ3v) is 2.19. The molecule has 0 spiro atoms. The maximum atomic E-state index is 10.5. The monoisotopic (exact) mass is 254 g/mol. The van der Waals surface area contributed by atoms with Gasteiger partial charge in [0.05, 0.1) is 17.0 Å². The predicted molar refractivity (Wildman–Crippen MR) is 63.6 cm³/mol. The molecule has 17 heavy (non-hydrogen) atoms. The summed E-state index contributed by atoms with van der Waals surface area (Å²) < 4.78 is 29.6. The van der Waals surface area contributed by atoms with Gasteiger partial charge in [0.25, 0.3) is 10.1 Å². The normalized spacial score (nSPS) is 8.35. The van der Waals surface area contributed by atoms with E-state index >= 15 is 0 Å². The number of benzene rings is 1. The van der Waals surface area contributed by atoms with Gasteiger partial charge in [0.2, 0.25) is 0 Å². The number of hydrogen-bond acceptors (Lipinski definition) is 4. The van der Waals surface area contributed by atoms with Gasteiger partial charge < -0.3 is 0 Å². The van der Waals surface area contributed by atoms with Crippen LogP contribution in [0.4, 0.5) is 0 Å². The van der Waals surface area contributed by atoms with Gasteiger partial charge >= 0.3 is 0 Å². The zero-order chi connectivity index (χ0) is 13.9. The van der Waals surface area contributed by atoms with Crippen molar-refractivity contribution in [2.75, 3.05) is 0 Å². The van der Waals surface area contributed by atoms with E-state index in [-0.39, 0.29) is 4.90 Å². The second-order valence-electron chi connectivity index (χ2n) is 2.74. The van der Waals surface area contributed by atoms with Crippen LogP contribution in [0.1, 0.15) is 19.4 Å². The molecule has 0 bridgehead atoms. The summed E-state index contributed by atoms with van der Waals surface area (Å²) in [5.41, 5.74) is 0.956. The van der Waals surface area contributed by atoms with Gasteiger partial charge in [-0.15, -0.1) is 0 Å². The Bertz CT molecular complexity index is 481. The fourth-order valence-electron chi connectivity index (χ4n) is 0.710. The van der Waals surface area contributed by atoms with Gasteiger partial charge in [-0.2, -0.15) is 18.9 Å². The summed E-state index contributed by atoms with van der Waals surface area (Å²) in [6, 6.07) is 9.49. The fraction of sp³-hybridized carbons (Fsp3) is 0.273. The van der Waals surface area contributed by atoms with E-state index in [1.54, 1.807) is 24.3 Å². The number of hydrogen-bond donors (Lipinski definition) is 1. The molecule has 6 heteroatoms. The SMILES string of the molecule is CC#N.CC#N.Cc1ccc(S(=O)(=O)O)cc1. The van der Waals surface area contributed by atoms with Gasteiger partial charge in [0.15, 0.2) is 0 Å². The summed E-state index contributed by atoms with van der Waals surface area (Å²) in [5, 5.41) is 14.6. The Morgan fingerprint density at radius 2 is 1.35 bits per heavy atom. The molecule has 1 rings (SSSR count). The van der Waals surface area contributed by atoms with Crippen molar-refractivity contribution in [3.63, 3.8) is 0 Å². The zero-order valence-electron chi connectivity index (χ0n) is 9.88. The van der Waals surface area contributed by atoms with Gasteiger partial charge in [-0.05, 0) is 19.1 Å². The molecule has 0 aliphatic carbocycles. The Morgan fingerprint density at radius 3 is 1.59 bits per heavy atom. The lowest BCUT2D eigenvalue weighted by molar-refractivity contribution is 0.483. The topological polar surface area (TPSA) is 102 Å². The molecule has 92 valence electrons. The van der Waals surface area contributed by atoms with Gasteiger partial charge in [-0.25, -0.2) is 0 Å². The molecular weight excluding hydrogens is 240 g/mol. The first-order valence-corrected chi connectivity index (χ1v) is 5.93. The molecule has 0 aromatic heterocycles. The lowest BCUT2D eigenvalue weighted by atomic mass is 10.2. The Balaban J connectivity index is 0. The second kappa shape index (κ2) is 9.34. The van der Waals surface area contributed by atoms with Crippen molar-refractivity contribution in [3.8, 4) is 12.1 Å². The number of aryl methyl sites for hydroxylation is 1. The minimum atomic E-state index is -4.02. The highest BCUT2D eigenvalue weighted by molar-refractivity contribution is 7.85. The summed E-state index contributed by atoms with van der Waals surface area (Å²) in [5.74, 6) is 0. The van der Waals surface area contributed by atoms with Crippen LogP contribution in [0, 0.1) is 29.6 Å². The van der Waals surface area contributed by atoms with Crippen LogP contribution < -0.4 is 0 Å². The molecule has 0 aliphatic rings. The van der Waals surface area contributed by atoms with Crippen molar-refractivity contribution in [3.05, 3.63) is 29.8 Å². The van der Waals surface area contributed by atoms with Crippen molar-refractivity contribution in [1.82, 2.24) is 0 Å². The lowest BCUT2D eigenvalue weighted by Crippen LogP contribution is -1.96. The van der Waals surface area contributed by atoms with Crippen LogP contribution in [0.2, 0.25) is 0 Å². The minimum absolute atomic E-state index is 0.0666. The van der Waals surface area contributed by atoms with Crippen LogP contribution in [0.15, 0.2) is 29.2 Å². The number of nitriles is 2. The van der Waals surface area contributed by atoms with Crippen molar-refractivity contribution in [1.29, 1.82) is 10.5 Å². The van der Waals surface area contributed by atoms with Crippen molar-refractivity contribution >= 4 is 10.1 Å². The molecular formula is C11H14N2O3S. The summed E-state index contributed by atoms with van der Waals surface area (Å²) >= 11 is 0. The van der Waals surface area contributed by atoms with Crippen LogP contribution in [0.3, 0.4) is 0 Å². The van der Waals surface area contributed by atoms with Crippen molar-refractivity contribution in [2.24, 2.45) is 0 Å². The molecule has 0 radical (unpaired) electrons. The minimum Gasteiger partial charge on any atom is -0.282 e.